The maximum absolute atomic E-state index is 13.4. The summed E-state index contributed by atoms with van der Waals surface area (Å²) in [6, 6.07) is 6.30. The molecule has 0 radical (unpaired) electrons. The number of ether oxygens (including phenoxy) is 2. The number of methoxy groups -OCH3 is 1. The molecule has 114 valence electrons. The lowest BCUT2D eigenvalue weighted by molar-refractivity contribution is 0.285. The van der Waals surface area contributed by atoms with Crippen molar-refractivity contribution < 1.29 is 13.9 Å². The van der Waals surface area contributed by atoms with Gasteiger partial charge in [0.05, 0.1) is 28.5 Å². The van der Waals surface area contributed by atoms with Crippen molar-refractivity contribution in [1.82, 2.24) is 4.98 Å². The lowest BCUT2D eigenvalue weighted by Crippen LogP contribution is -2.01. The minimum Gasteiger partial charge on any atom is -0.493 e. The molecule has 4 nitrogen and oxygen atoms in total. The number of aromatic nitrogens is 1. The lowest BCUT2D eigenvalue weighted by atomic mass is 10.2. The number of halogens is 2. The molecule has 22 heavy (non-hydrogen) atoms. The summed E-state index contributed by atoms with van der Waals surface area (Å²) in [5, 5.41) is 0.562. The van der Waals surface area contributed by atoms with Gasteiger partial charge in [-0.1, -0.05) is 11.6 Å². The molecule has 0 fully saturated rings. The van der Waals surface area contributed by atoms with Crippen molar-refractivity contribution in [2.75, 3.05) is 12.8 Å². The Morgan fingerprint density at radius 1 is 1.32 bits per heavy atom. The second-order valence-corrected chi connectivity index (χ2v) is 5.83. The van der Waals surface area contributed by atoms with E-state index in [0.29, 0.717) is 10.8 Å². The van der Waals surface area contributed by atoms with Crippen molar-refractivity contribution in [3.8, 4) is 11.5 Å². The fraction of sp³-hybridized carbons (Fsp3) is 0.133. The summed E-state index contributed by atoms with van der Waals surface area (Å²) < 4.78 is 25.3. The van der Waals surface area contributed by atoms with Gasteiger partial charge in [-0.3, -0.25) is 0 Å². The summed E-state index contributed by atoms with van der Waals surface area (Å²) in [4.78, 5) is 4.30. The second-order valence-electron chi connectivity index (χ2n) is 4.54. The molecule has 0 aliphatic carbocycles. The van der Waals surface area contributed by atoms with Crippen LogP contribution >= 0.6 is 22.9 Å². The topological polar surface area (TPSA) is 57.4 Å². The van der Waals surface area contributed by atoms with Crippen LogP contribution in [-0.2, 0) is 6.61 Å². The third-order valence-corrected chi connectivity index (χ3v) is 4.35. The number of benzene rings is 2. The van der Waals surface area contributed by atoms with Gasteiger partial charge in [0.2, 0.25) is 0 Å². The van der Waals surface area contributed by atoms with Gasteiger partial charge in [-0.05, 0) is 12.1 Å². The smallest absolute Gasteiger partial charge is 0.163 e. The lowest BCUT2D eigenvalue weighted by Gasteiger charge is -2.13. The minimum atomic E-state index is -0.552. The SMILES string of the molecule is COc1cc(F)c(N)cc1OCc1c(Cl)ccc2scnc12. The number of thiazole rings is 1. The highest BCUT2D eigenvalue weighted by Gasteiger charge is 2.13. The van der Waals surface area contributed by atoms with Crippen LogP contribution in [0.15, 0.2) is 29.8 Å². The number of fused-ring (bicyclic) bond motifs is 1. The van der Waals surface area contributed by atoms with Gasteiger partial charge in [0.15, 0.2) is 11.5 Å². The molecule has 2 N–H and O–H groups in total. The molecule has 0 saturated carbocycles. The Kier molecular flexibility index (Phi) is 4.04. The van der Waals surface area contributed by atoms with Crippen LogP contribution in [-0.4, -0.2) is 12.1 Å². The molecular formula is C15H12ClFN2O2S. The molecule has 0 aliphatic heterocycles. The van der Waals surface area contributed by atoms with Gasteiger partial charge < -0.3 is 15.2 Å². The van der Waals surface area contributed by atoms with E-state index in [-0.39, 0.29) is 18.0 Å². The van der Waals surface area contributed by atoms with Gasteiger partial charge in [0, 0.05) is 22.7 Å². The van der Waals surface area contributed by atoms with Gasteiger partial charge in [0.25, 0.3) is 0 Å². The van der Waals surface area contributed by atoms with Crippen molar-refractivity contribution in [2.45, 2.75) is 6.61 Å². The van der Waals surface area contributed by atoms with E-state index in [9.17, 15) is 4.39 Å². The fourth-order valence-electron chi connectivity index (χ4n) is 2.07. The molecule has 2 aromatic carbocycles. The van der Waals surface area contributed by atoms with Crippen LogP contribution in [0, 0.1) is 5.82 Å². The van der Waals surface area contributed by atoms with E-state index in [1.807, 2.05) is 6.07 Å². The van der Waals surface area contributed by atoms with Crippen molar-refractivity contribution in [1.29, 1.82) is 0 Å². The molecule has 0 atom stereocenters. The van der Waals surface area contributed by atoms with E-state index in [2.05, 4.69) is 4.98 Å². The number of rotatable bonds is 4. The zero-order valence-electron chi connectivity index (χ0n) is 11.6. The largest absolute Gasteiger partial charge is 0.493 e. The monoisotopic (exact) mass is 338 g/mol. The number of hydrogen-bond donors (Lipinski definition) is 1. The highest BCUT2D eigenvalue weighted by atomic mass is 35.5. The molecule has 1 heterocycles. The summed E-state index contributed by atoms with van der Waals surface area (Å²) in [7, 11) is 1.44. The van der Waals surface area contributed by atoms with Crippen LogP contribution in [0.25, 0.3) is 10.2 Å². The van der Waals surface area contributed by atoms with E-state index in [0.717, 1.165) is 15.8 Å². The van der Waals surface area contributed by atoms with Crippen LogP contribution in [0.1, 0.15) is 5.56 Å². The van der Waals surface area contributed by atoms with Gasteiger partial charge in [-0.25, -0.2) is 9.37 Å². The maximum atomic E-state index is 13.4. The molecule has 3 rings (SSSR count). The average molecular weight is 339 g/mol. The molecule has 1 aromatic heterocycles. The summed E-state index contributed by atoms with van der Waals surface area (Å²) in [6.45, 7) is 0.182. The van der Waals surface area contributed by atoms with Gasteiger partial charge in [-0.2, -0.15) is 0 Å². The van der Waals surface area contributed by atoms with E-state index in [1.54, 1.807) is 11.6 Å². The highest BCUT2D eigenvalue weighted by molar-refractivity contribution is 7.16. The van der Waals surface area contributed by atoms with Gasteiger partial charge in [0.1, 0.15) is 12.4 Å². The molecule has 0 saturated heterocycles. The Balaban J connectivity index is 1.93. The van der Waals surface area contributed by atoms with Crippen LogP contribution in [0.2, 0.25) is 5.02 Å². The van der Waals surface area contributed by atoms with Crippen LogP contribution in [0.3, 0.4) is 0 Å². The number of nitrogen functional groups attached to an aromatic ring is 1. The predicted octanol–water partition coefficient (Wildman–Crippen LogP) is 4.26. The average Bonchev–Trinajstić information content (AvgIpc) is 2.98. The summed E-state index contributed by atoms with van der Waals surface area (Å²) in [5.41, 5.74) is 8.88. The Morgan fingerprint density at radius 2 is 2.14 bits per heavy atom. The Hall–Kier alpha value is -2.05. The molecule has 0 spiro atoms. The van der Waals surface area contributed by atoms with Crippen LogP contribution in [0.5, 0.6) is 11.5 Å². The molecule has 3 aromatic rings. The first-order chi connectivity index (χ1) is 10.6. The van der Waals surface area contributed by atoms with Crippen molar-refractivity contribution in [3.63, 3.8) is 0 Å². The summed E-state index contributed by atoms with van der Waals surface area (Å²) in [5.74, 6) is 0.0711. The molecule has 0 aliphatic rings. The summed E-state index contributed by atoms with van der Waals surface area (Å²) >= 11 is 7.75. The highest BCUT2D eigenvalue weighted by Crippen LogP contribution is 2.34. The first-order valence-corrected chi connectivity index (χ1v) is 7.62. The van der Waals surface area contributed by atoms with Gasteiger partial charge in [-0.15, -0.1) is 11.3 Å². The third kappa shape index (κ3) is 2.67. The molecule has 0 amide bonds. The third-order valence-electron chi connectivity index (χ3n) is 3.21. The normalized spacial score (nSPS) is 10.9. The number of nitrogens with zero attached hydrogens (tertiary/aromatic N) is 1. The van der Waals surface area contributed by atoms with E-state index < -0.39 is 5.82 Å². The van der Waals surface area contributed by atoms with Gasteiger partial charge >= 0.3 is 0 Å². The first-order valence-electron chi connectivity index (χ1n) is 6.36. The predicted molar refractivity (Wildman–Crippen MR) is 86.3 cm³/mol. The maximum Gasteiger partial charge on any atom is 0.163 e. The van der Waals surface area contributed by atoms with Crippen molar-refractivity contribution >= 4 is 38.8 Å². The van der Waals surface area contributed by atoms with E-state index in [1.165, 1.54) is 30.6 Å². The first kappa shape index (κ1) is 14.9. The Morgan fingerprint density at radius 3 is 2.91 bits per heavy atom. The molecular weight excluding hydrogens is 327 g/mol. The molecule has 7 heteroatoms. The van der Waals surface area contributed by atoms with Crippen LogP contribution < -0.4 is 15.2 Å². The Bertz CT molecular complexity index is 838. The quantitative estimate of drug-likeness (QED) is 0.722. The van der Waals surface area contributed by atoms with Crippen molar-refractivity contribution in [2.24, 2.45) is 0 Å². The minimum absolute atomic E-state index is 0.00577. The van der Waals surface area contributed by atoms with E-state index in [4.69, 9.17) is 26.8 Å². The van der Waals surface area contributed by atoms with E-state index >= 15 is 0 Å². The van der Waals surface area contributed by atoms with Crippen LogP contribution in [0.4, 0.5) is 10.1 Å². The molecule has 0 unspecified atom stereocenters. The molecule has 0 bridgehead atoms. The zero-order valence-corrected chi connectivity index (χ0v) is 13.2. The zero-order chi connectivity index (χ0) is 15.7. The number of nitrogens with two attached hydrogens (primary N) is 1. The second kappa shape index (κ2) is 5.98. The fourth-order valence-corrected chi connectivity index (χ4v) is 2.99. The number of hydrogen-bond acceptors (Lipinski definition) is 5. The number of anilines is 1. The Labute approximate surface area is 135 Å². The summed E-state index contributed by atoms with van der Waals surface area (Å²) in [6.07, 6.45) is 0. The standard InChI is InChI=1S/C15H12ClFN2O2S/c1-20-12-4-10(17)11(18)5-13(12)21-6-8-9(16)2-3-14-15(8)19-7-22-14/h2-5,7H,6,18H2,1H3. The van der Waals surface area contributed by atoms with Crippen molar-refractivity contribution in [3.05, 3.63) is 46.2 Å².